The van der Waals surface area contributed by atoms with Gasteiger partial charge in [0, 0.05) is 10.7 Å². The summed E-state index contributed by atoms with van der Waals surface area (Å²) in [5, 5.41) is 10.2. The zero-order valence-electron chi connectivity index (χ0n) is 7.73. The first kappa shape index (κ1) is 11.0. The van der Waals surface area contributed by atoms with Gasteiger partial charge in [0.1, 0.15) is 5.60 Å². The molecule has 2 nitrogen and oxygen atoms in total. The fourth-order valence-electron chi connectivity index (χ4n) is 0.984. The van der Waals surface area contributed by atoms with Crippen LogP contribution in [0.1, 0.15) is 25.1 Å². The Morgan fingerprint density at radius 2 is 2.08 bits per heavy atom. The maximum absolute atomic E-state index is 9.72. The highest BCUT2D eigenvalue weighted by molar-refractivity contribution is 9.10. The zero-order chi connectivity index (χ0) is 10.2. The van der Waals surface area contributed by atoms with E-state index in [4.69, 9.17) is 11.6 Å². The molecule has 0 aliphatic carbocycles. The molecular formula is C9H11BrClNO. The minimum absolute atomic E-state index is 0.509. The maximum Gasteiger partial charge on any atom is 0.102 e. The van der Waals surface area contributed by atoms with Crippen LogP contribution in [0.5, 0.6) is 0 Å². The van der Waals surface area contributed by atoms with Gasteiger partial charge >= 0.3 is 0 Å². The predicted molar refractivity (Wildman–Crippen MR) is 56.9 cm³/mol. The van der Waals surface area contributed by atoms with Crippen LogP contribution in [-0.4, -0.2) is 10.1 Å². The lowest BCUT2D eigenvalue weighted by molar-refractivity contribution is 0.0739. The van der Waals surface area contributed by atoms with Crippen LogP contribution in [0, 0.1) is 6.92 Å². The highest BCUT2D eigenvalue weighted by atomic mass is 79.9. The van der Waals surface area contributed by atoms with E-state index in [2.05, 4.69) is 20.9 Å². The van der Waals surface area contributed by atoms with Gasteiger partial charge in [0.15, 0.2) is 0 Å². The monoisotopic (exact) mass is 263 g/mol. The quantitative estimate of drug-likeness (QED) is 0.846. The third kappa shape index (κ3) is 2.22. The summed E-state index contributed by atoms with van der Waals surface area (Å²) in [5.41, 5.74) is 0.409. The molecule has 0 spiro atoms. The van der Waals surface area contributed by atoms with Gasteiger partial charge in [0.2, 0.25) is 0 Å². The van der Waals surface area contributed by atoms with Crippen molar-refractivity contribution in [1.29, 1.82) is 0 Å². The van der Waals surface area contributed by atoms with Gasteiger partial charge in [-0.3, -0.25) is 4.98 Å². The van der Waals surface area contributed by atoms with E-state index in [0.29, 0.717) is 10.7 Å². The Balaban J connectivity index is 3.35. The summed E-state index contributed by atoms with van der Waals surface area (Å²) < 4.78 is 0.852. The molecule has 0 aliphatic rings. The van der Waals surface area contributed by atoms with Crippen molar-refractivity contribution in [2.45, 2.75) is 26.4 Å². The zero-order valence-corrected chi connectivity index (χ0v) is 10.1. The SMILES string of the molecule is Cc1c(Br)cnc(C(C)(C)O)c1Cl. The van der Waals surface area contributed by atoms with Crippen LogP contribution in [0.25, 0.3) is 0 Å². The van der Waals surface area contributed by atoms with E-state index in [-0.39, 0.29) is 0 Å². The van der Waals surface area contributed by atoms with Crippen LogP contribution in [0.15, 0.2) is 10.7 Å². The molecule has 13 heavy (non-hydrogen) atoms. The number of aromatic nitrogens is 1. The van der Waals surface area contributed by atoms with Crippen LogP contribution >= 0.6 is 27.5 Å². The Morgan fingerprint density at radius 1 is 1.54 bits per heavy atom. The molecule has 72 valence electrons. The van der Waals surface area contributed by atoms with Crippen LogP contribution in [0.3, 0.4) is 0 Å². The van der Waals surface area contributed by atoms with Gasteiger partial charge in [-0.1, -0.05) is 11.6 Å². The van der Waals surface area contributed by atoms with Gasteiger partial charge in [0.05, 0.1) is 10.7 Å². The summed E-state index contributed by atoms with van der Waals surface area (Å²) in [5.74, 6) is 0. The van der Waals surface area contributed by atoms with Gasteiger partial charge in [-0.15, -0.1) is 0 Å². The fraction of sp³-hybridized carbons (Fsp3) is 0.444. The standard InChI is InChI=1S/C9H11BrClNO/c1-5-6(10)4-12-8(7(5)11)9(2,3)13/h4,13H,1-3H3. The van der Waals surface area contributed by atoms with E-state index < -0.39 is 5.60 Å². The highest BCUT2D eigenvalue weighted by Gasteiger charge is 2.22. The van der Waals surface area contributed by atoms with E-state index in [1.807, 2.05) is 6.92 Å². The van der Waals surface area contributed by atoms with Crippen molar-refractivity contribution in [3.05, 3.63) is 26.9 Å². The van der Waals surface area contributed by atoms with Crippen molar-refractivity contribution >= 4 is 27.5 Å². The number of hydrogen-bond donors (Lipinski definition) is 1. The van der Waals surface area contributed by atoms with E-state index in [1.165, 1.54) is 0 Å². The Labute approximate surface area is 91.1 Å². The van der Waals surface area contributed by atoms with Crippen molar-refractivity contribution in [3.8, 4) is 0 Å². The average molecular weight is 265 g/mol. The molecule has 1 rings (SSSR count). The Bertz CT molecular complexity index is 333. The lowest BCUT2D eigenvalue weighted by Crippen LogP contribution is -2.18. The highest BCUT2D eigenvalue weighted by Crippen LogP contribution is 2.31. The van der Waals surface area contributed by atoms with Crippen LogP contribution in [0.4, 0.5) is 0 Å². The molecular weight excluding hydrogens is 253 g/mol. The topological polar surface area (TPSA) is 33.1 Å². The van der Waals surface area contributed by atoms with Gasteiger partial charge in [0.25, 0.3) is 0 Å². The van der Waals surface area contributed by atoms with Crippen LogP contribution < -0.4 is 0 Å². The molecule has 0 amide bonds. The first-order valence-corrected chi connectivity index (χ1v) is 5.04. The molecule has 0 aromatic carbocycles. The van der Waals surface area contributed by atoms with Gasteiger partial charge in [-0.05, 0) is 42.3 Å². The van der Waals surface area contributed by atoms with Crippen LogP contribution in [0.2, 0.25) is 5.02 Å². The van der Waals surface area contributed by atoms with Crippen molar-refractivity contribution in [2.24, 2.45) is 0 Å². The number of pyridine rings is 1. The lowest BCUT2D eigenvalue weighted by atomic mass is 10.0. The third-order valence-electron chi connectivity index (χ3n) is 1.78. The second-order valence-corrected chi connectivity index (χ2v) is 4.69. The molecule has 0 fully saturated rings. The number of rotatable bonds is 1. The summed E-state index contributed by atoms with van der Waals surface area (Å²) in [7, 11) is 0. The van der Waals surface area contributed by atoms with E-state index in [0.717, 1.165) is 10.0 Å². The molecule has 0 radical (unpaired) electrons. The minimum Gasteiger partial charge on any atom is -0.384 e. The van der Waals surface area contributed by atoms with Crippen LogP contribution in [-0.2, 0) is 5.60 Å². The second kappa shape index (κ2) is 3.56. The summed E-state index contributed by atoms with van der Waals surface area (Å²) >= 11 is 9.35. The van der Waals surface area contributed by atoms with E-state index >= 15 is 0 Å². The first-order chi connectivity index (χ1) is 5.84. The lowest BCUT2D eigenvalue weighted by Gasteiger charge is -2.19. The van der Waals surface area contributed by atoms with E-state index in [1.54, 1.807) is 20.0 Å². The van der Waals surface area contributed by atoms with Crippen molar-refractivity contribution in [3.63, 3.8) is 0 Å². The normalized spacial score (nSPS) is 11.8. The average Bonchev–Trinajstić information content (AvgIpc) is 1.98. The summed E-state index contributed by atoms with van der Waals surface area (Å²) in [4.78, 5) is 4.08. The number of halogens is 2. The molecule has 0 atom stereocenters. The van der Waals surface area contributed by atoms with Crippen molar-refractivity contribution in [2.75, 3.05) is 0 Å². The molecule has 0 saturated heterocycles. The molecule has 0 aliphatic heterocycles. The molecule has 0 saturated carbocycles. The predicted octanol–water partition coefficient (Wildman–Crippen LogP) is 3.03. The minimum atomic E-state index is -0.997. The summed E-state index contributed by atoms with van der Waals surface area (Å²) in [6, 6.07) is 0. The first-order valence-electron chi connectivity index (χ1n) is 3.87. The molecule has 0 bridgehead atoms. The molecule has 1 aromatic rings. The smallest absolute Gasteiger partial charge is 0.102 e. The molecule has 1 heterocycles. The van der Waals surface area contributed by atoms with Crippen molar-refractivity contribution in [1.82, 2.24) is 4.98 Å². The maximum atomic E-state index is 9.72. The largest absolute Gasteiger partial charge is 0.384 e. The van der Waals surface area contributed by atoms with Crippen molar-refractivity contribution < 1.29 is 5.11 Å². The Morgan fingerprint density at radius 3 is 2.54 bits per heavy atom. The van der Waals surface area contributed by atoms with Gasteiger partial charge in [-0.2, -0.15) is 0 Å². The molecule has 0 unspecified atom stereocenters. The number of hydrogen-bond acceptors (Lipinski definition) is 2. The molecule has 1 N–H and O–H groups in total. The third-order valence-corrected chi connectivity index (χ3v) is 3.04. The Kier molecular flexibility index (Phi) is 3.00. The number of nitrogens with zero attached hydrogens (tertiary/aromatic N) is 1. The molecule has 1 aromatic heterocycles. The van der Waals surface area contributed by atoms with E-state index in [9.17, 15) is 5.11 Å². The number of aliphatic hydroxyl groups is 1. The summed E-state index contributed by atoms with van der Waals surface area (Å²) in [6.07, 6.45) is 1.65. The summed E-state index contributed by atoms with van der Waals surface area (Å²) in [6.45, 7) is 5.20. The fourth-order valence-corrected chi connectivity index (χ4v) is 1.78. The van der Waals surface area contributed by atoms with Gasteiger partial charge in [-0.25, -0.2) is 0 Å². The van der Waals surface area contributed by atoms with Gasteiger partial charge < -0.3 is 5.11 Å². The molecule has 4 heteroatoms. The Hall–Kier alpha value is -0.120. The second-order valence-electron chi connectivity index (χ2n) is 3.45.